The maximum atomic E-state index is 11.9. The fraction of sp³-hybridized carbons (Fsp3) is 0.533. The van der Waals surface area contributed by atoms with Crippen LogP contribution in [0, 0.1) is 5.92 Å². The molecule has 3 N–H and O–H groups in total. The zero-order chi connectivity index (χ0) is 14.4. The monoisotopic (exact) mass is 294 g/mol. The third-order valence-corrected chi connectivity index (χ3v) is 4.65. The molecule has 1 aromatic carbocycles. The molecule has 1 aliphatic rings. The average Bonchev–Trinajstić information content (AvgIpc) is 2.46. The van der Waals surface area contributed by atoms with E-state index in [0.29, 0.717) is 30.3 Å². The summed E-state index contributed by atoms with van der Waals surface area (Å²) >= 11 is 1.98. The second kappa shape index (κ2) is 7.43. The van der Waals surface area contributed by atoms with Crippen LogP contribution in [0.15, 0.2) is 18.2 Å². The van der Waals surface area contributed by atoms with Gasteiger partial charge in [0.05, 0.1) is 12.8 Å². The topological polar surface area (TPSA) is 64.3 Å². The van der Waals surface area contributed by atoms with Gasteiger partial charge >= 0.3 is 0 Å². The van der Waals surface area contributed by atoms with Gasteiger partial charge in [0.15, 0.2) is 0 Å². The number of methoxy groups -OCH3 is 1. The molecule has 0 aliphatic carbocycles. The summed E-state index contributed by atoms with van der Waals surface area (Å²) in [4.78, 5) is 11.9. The number of nitrogens with two attached hydrogens (primary N) is 1. The van der Waals surface area contributed by atoms with Crippen LogP contribution >= 0.6 is 11.8 Å². The van der Waals surface area contributed by atoms with E-state index in [4.69, 9.17) is 10.5 Å². The quantitative estimate of drug-likeness (QED) is 0.819. The zero-order valence-electron chi connectivity index (χ0n) is 11.9. The molecular weight excluding hydrogens is 272 g/mol. The van der Waals surface area contributed by atoms with Crippen LogP contribution in [0.3, 0.4) is 0 Å². The predicted octanol–water partition coefficient (Wildman–Crippen LogP) is 2.43. The Balaban J connectivity index is 1.79. The van der Waals surface area contributed by atoms with Crippen LogP contribution in [0.25, 0.3) is 0 Å². The Hall–Kier alpha value is -1.36. The fourth-order valence-corrected chi connectivity index (χ4v) is 3.58. The van der Waals surface area contributed by atoms with Crippen LogP contribution in [-0.4, -0.2) is 24.5 Å². The van der Waals surface area contributed by atoms with Gasteiger partial charge in [-0.15, -0.1) is 0 Å². The first-order chi connectivity index (χ1) is 9.69. The summed E-state index contributed by atoms with van der Waals surface area (Å²) < 4.78 is 5.11. The number of ether oxygens (including phenoxy) is 1. The van der Waals surface area contributed by atoms with Gasteiger partial charge in [-0.25, -0.2) is 0 Å². The molecule has 0 saturated carbocycles. The van der Waals surface area contributed by atoms with Crippen molar-refractivity contribution in [2.45, 2.75) is 25.8 Å². The highest BCUT2D eigenvalue weighted by molar-refractivity contribution is 7.99. The van der Waals surface area contributed by atoms with Gasteiger partial charge in [0.25, 0.3) is 0 Å². The number of rotatable bonds is 5. The van der Waals surface area contributed by atoms with E-state index in [1.807, 2.05) is 30.0 Å². The number of carbonyl (C=O) groups excluding carboxylic acids is 1. The van der Waals surface area contributed by atoms with Gasteiger partial charge in [-0.1, -0.05) is 6.07 Å². The average molecular weight is 294 g/mol. The molecule has 1 fully saturated rings. The Kier molecular flexibility index (Phi) is 5.59. The Morgan fingerprint density at radius 3 is 2.85 bits per heavy atom. The normalized spacial score (nSPS) is 15.8. The first kappa shape index (κ1) is 15.0. The molecule has 0 aromatic heterocycles. The molecule has 0 atom stereocenters. The van der Waals surface area contributed by atoms with E-state index in [1.54, 1.807) is 7.11 Å². The van der Waals surface area contributed by atoms with Crippen LogP contribution in [0.2, 0.25) is 0 Å². The number of nitrogen functional groups attached to an aromatic ring is 1. The van der Waals surface area contributed by atoms with Crippen molar-refractivity contribution in [1.82, 2.24) is 5.32 Å². The fourth-order valence-electron chi connectivity index (χ4n) is 2.38. The molecule has 0 radical (unpaired) electrons. The molecule has 1 heterocycles. The van der Waals surface area contributed by atoms with Crippen molar-refractivity contribution in [3.05, 3.63) is 23.8 Å². The number of hydrogen-bond donors (Lipinski definition) is 2. The van der Waals surface area contributed by atoms with Crippen molar-refractivity contribution < 1.29 is 9.53 Å². The molecule has 1 aliphatic heterocycles. The van der Waals surface area contributed by atoms with Gasteiger partial charge in [-0.2, -0.15) is 11.8 Å². The number of amides is 1. The summed E-state index contributed by atoms with van der Waals surface area (Å²) in [7, 11) is 1.59. The van der Waals surface area contributed by atoms with Crippen molar-refractivity contribution in [2.75, 3.05) is 24.3 Å². The summed E-state index contributed by atoms with van der Waals surface area (Å²) in [6.45, 7) is 0.522. The van der Waals surface area contributed by atoms with Crippen molar-refractivity contribution >= 4 is 23.4 Å². The number of benzene rings is 1. The molecule has 4 nitrogen and oxygen atoms in total. The summed E-state index contributed by atoms with van der Waals surface area (Å²) in [5, 5.41) is 2.97. The first-order valence-electron chi connectivity index (χ1n) is 6.96. The van der Waals surface area contributed by atoms with Gasteiger partial charge < -0.3 is 15.8 Å². The van der Waals surface area contributed by atoms with Crippen molar-refractivity contribution in [1.29, 1.82) is 0 Å². The summed E-state index contributed by atoms with van der Waals surface area (Å²) in [6.07, 6.45) is 2.97. The summed E-state index contributed by atoms with van der Waals surface area (Å²) in [5.74, 6) is 3.73. The standard InChI is InChI=1S/C15H22N2O2S/c1-19-14-3-2-12(8-13(14)16)10-17-15(18)9-11-4-6-20-7-5-11/h2-3,8,11H,4-7,9-10,16H2,1H3,(H,17,18). The number of carbonyl (C=O) groups is 1. The van der Waals surface area contributed by atoms with E-state index in [1.165, 1.54) is 11.5 Å². The van der Waals surface area contributed by atoms with Gasteiger partial charge in [-0.05, 0) is 48.0 Å². The Morgan fingerprint density at radius 1 is 1.45 bits per heavy atom. The lowest BCUT2D eigenvalue weighted by Crippen LogP contribution is -2.26. The first-order valence-corrected chi connectivity index (χ1v) is 8.11. The Labute approximate surface area is 124 Å². The van der Waals surface area contributed by atoms with E-state index in [-0.39, 0.29) is 5.91 Å². The summed E-state index contributed by atoms with van der Waals surface area (Å²) in [6, 6.07) is 5.60. The lowest BCUT2D eigenvalue weighted by molar-refractivity contribution is -0.122. The Morgan fingerprint density at radius 2 is 2.20 bits per heavy atom. The molecule has 1 amide bonds. The third-order valence-electron chi connectivity index (χ3n) is 3.60. The van der Waals surface area contributed by atoms with Gasteiger partial charge in [0.1, 0.15) is 5.75 Å². The molecule has 0 spiro atoms. The van der Waals surface area contributed by atoms with E-state index in [9.17, 15) is 4.79 Å². The SMILES string of the molecule is COc1ccc(CNC(=O)CC2CCSCC2)cc1N. The van der Waals surface area contributed by atoms with Gasteiger partial charge in [0, 0.05) is 13.0 Å². The van der Waals surface area contributed by atoms with Crippen molar-refractivity contribution in [2.24, 2.45) is 5.92 Å². The highest BCUT2D eigenvalue weighted by atomic mass is 32.2. The maximum Gasteiger partial charge on any atom is 0.220 e. The van der Waals surface area contributed by atoms with Crippen LogP contribution in [0.1, 0.15) is 24.8 Å². The van der Waals surface area contributed by atoms with Gasteiger partial charge in [-0.3, -0.25) is 4.79 Å². The summed E-state index contributed by atoms with van der Waals surface area (Å²) in [5.41, 5.74) is 7.44. The number of nitrogens with one attached hydrogen (secondary N) is 1. The van der Waals surface area contributed by atoms with E-state index in [0.717, 1.165) is 18.4 Å². The second-order valence-electron chi connectivity index (χ2n) is 5.11. The molecule has 5 heteroatoms. The predicted molar refractivity (Wildman–Crippen MR) is 83.9 cm³/mol. The largest absolute Gasteiger partial charge is 0.495 e. The maximum absolute atomic E-state index is 11.9. The zero-order valence-corrected chi connectivity index (χ0v) is 12.7. The minimum Gasteiger partial charge on any atom is -0.495 e. The molecule has 20 heavy (non-hydrogen) atoms. The van der Waals surface area contributed by atoms with Crippen LogP contribution < -0.4 is 15.8 Å². The van der Waals surface area contributed by atoms with E-state index < -0.39 is 0 Å². The highest BCUT2D eigenvalue weighted by Crippen LogP contribution is 2.25. The number of thioether (sulfide) groups is 1. The third kappa shape index (κ3) is 4.34. The van der Waals surface area contributed by atoms with Crippen molar-refractivity contribution in [3.8, 4) is 5.75 Å². The minimum absolute atomic E-state index is 0.135. The molecule has 0 bridgehead atoms. The molecule has 0 unspecified atom stereocenters. The molecule has 2 rings (SSSR count). The highest BCUT2D eigenvalue weighted by Gasteiger charge is 2.17. The second-order valence-corrected chi connectivity index (χ2v) is 6.34. The van der Waals surface area contributed by atoms with E-state index in [2.05, 4.69) is 5.32 Å². The molecule has 1 aromatic rings. The molecule has 1 saturated heterocycles. The number of anilines is 1. The molecular formula is C15H22N2O2S. The lowest BCUT2D eigenvalue weighted by Gasteiger charge is -2.20. The van der Waals surface area contributed by atoms with Crippen LogP contribution in [0.5, 0.6) is 5.75 Å². The number of hydrogen-bond acceptors (Lipinski definition) is 4. The smallest absolute Gasteiger partial charge is 0.220 e. The van der Waals surface area contributed by atoms with Crippen LogP contribution in [0.4, 0.5) is 5.69 Å². The van der Waals surface area contributed by atoms with Crippen molar-refractivity contribution in [3.63, 3.8) is 0 Å². The molecule has 110 valence electrons. The van der Waals surface area contributed by atoms with E-state index >= 15 is 0 Å². The van der Waals surface area contributed by atoms with Crippen LogP contribution in [-0.2, 0) is 11.3 Å². The lowest BCUT2D eigenvalue weighted by atomic mass is 9.98. The minimum atomic E-state index is 0.135. The Bertz CT molecular complexity index is 459. The van der Waals surface area contributed by atoms with Gasteiger partial charge in [0.2, 0.25) is 5.91 Å².